The Morgan fingerprint density at radius 3 is 3.07 bits per heavy atom. The van der Waals surface area contributed by atoms with Crippen LogP contribution in [-0.4, -0.2) is 16.0 Å². The molecule has 0 fully saturated rings. The molecule has 0 radical (unpaired) electrons. The van der Waals surface area contributed by atoms with Gasteiger partial charge in [-0.3, -0.25) is 0 Å². The van der Waals surface area contributed by atoms with Gasteiger partial charge in [0.2, 0.25) is 5.28 Å². The van der Waals surface area contributed by atoms with Gasteiger partial charge in [0.05, 0.1) is 0 Å². The first kappa shape index (κ1) is 10.4. The van der Waals surface area contributed by atoms with E-state index in [9.17, 15) is 0 Å². The van der Waals surface area contributed by atoms with E-state index in [1.54, 1.807) is 6.20 Å². The van der Waals surface area contributed by atoms with Gasteiger partial charge in [-0.1, -0.05) is 12.2 Å². The Hall–Kier alpha value is -1.09. The molecule has 1 N–H and O–H groups in total. The SMILES string of the molecule is Cc1cnc(Cl)nc1NC1CC=CCC1. The fraction of sp³-hybridized carbons (Fsp3) is 0.455. The smallest absolute Gasteiger partial charge is 0.224 e. The predicted molar refractivity (Wildman–Crippen MR) is 62.2 cm³/mol. The molecule has 4 heteroatoms. The number of rotatable bonds is 2. The molecule has 15 heavy (non-hydrogen) atoms. The van der Waals surface area contributed by atoms with Crippen LogP contribution in [0.2, 0.25) is 5.28 Å². The number of aryl methyl sites for hydroxylation is 1. The summed E-state index contributed by atoms with van der Waals surface area (Å²) >= 11 is 5.76. The van der Waals surface area contributed by atoms with E-state index in [0.717, 1.165) is 30.6 Å². The third-order valence-electron chi connectivity index (χ3n) is 2.55. The number of allylic oxidation sites excluding steroid dienone is 1. The highest BCUT2D eigenvalue weighted by molar-refractivity contribution is 6.28. The molecule has 1 aliphatic rings. The summed E-state index contributed by atoms with van der Waals surface area (Å²) in [5.74, 6) is 0.857. The zero-order chi connectivity index (χ0) is 10.7. The van der Waals surface area contributed by atoms with Crippen molar-refractivity contribution in [3.8, 4) is 0 Å². The zero-order valence-electron chi connectivity index (χ0n) is 8.70. The second kappa shape index (κ2) is 4.62. The van der Waals surface area contributed by atoms with Crippen LogP contribution in [0, 0.1) is 6.92 Å². The Morgan fingerprint density at radius 1 is 1.47 bits per heavy atom. The molecule has 3 nitrogen and oxygen atoms in total. The lowest BCUT2D eigenvalue weighted by Gasteiger charge is -2.20. The van der Waals surface area contributed by atoms with Gasteiger partial charge in [0, 0.05) is 17.8 Å². The lowest BCUT2D eigenvalue weighted by molar-refractivity contribution is 0.641. The molecule has 0 bridgehead atoms. The Kier molecular flexibility index (Phi) is 3.21. The largest absolute Gasteiger partial charge is 0.367 e. The summed E-state index contributed by atoms with van der Waals surface area (Å²) in [6.45, 7) is 1.98. The van der Waals surface area contributed by atoms with Crippen molar-refractivity contribution in [3.05, 3.63) is 29.2 Å². The fourth-order valence-electron chi connectivity index (χ4n) is 1.68. The fourth-order valence-corrected chi connectivity index (χ4v) is 1.82. The Morgan fingerprint density at radius 2 is 2.33 bits per heavy atom. The standard InChI is InChI=1S/C11H14ClN3/c1-8-7-13-11(12)15-10(8)14-9-5-3-2-4-6-9/h2-3,7,9H,4-6H2,1H3,(H,13,14,15). The van der Waals surface area contributed by atoms with Gasteiger partial charge in [-0.2, -0.15) is 0 Å². The van der Waals surface area contributed by atoms with E-state index in [4.69, 9.17) is 11.6 Å². The second-order valence-electron chi connectivity index (χ2n) is 3.80. The highest BCUT2D eigenvalue weighted by Crippen LogP contribution is 2.19. The molecule has 1 unspecified atom stereocenters. The molecule has 0 saturated heterocycles. The van der Waals surface area contributed by atoms with Crippen LogP contribution in [-0.2, 0) is 0 Å². The number of nitrogens with one attached hydrogen (secondary N) is 1. The summed E-state index contributed by atoms with van der Waals surface area (Å²) in [6.07, 6.45) is 9.52. The Balaban J connectivity index is 2.09. The van der Waals surface area contributed by atoms with Gasteiger partial charge >= 0.3 is 0 Å². The van der Waals surface area contributed by atoms with Crippen LogP contribution in [0.5, 0.6) is 0 Å². The van der Waals surface area contributed by atoms with Gasteiger partial charge < -0.3 is 5.32 Å². The molecule has 0 aliphatic heterocycles. The first-order chi connectivity index (χ1) is 7.25. The minimum Gasteiger partial charge on any atom is -0.367 e. The monoisotopic (exact) mass is 223 g/mol. The highest BCUT2D eigenvalue weighted by Gasteiger charge is 2.11. The van der Waals surface area contributed by atoms with E-state index in [2.05, 4.69) is 27.4 Å². The first-order valence-electron chi connectivity index (χ1n) is 5.16. The van der Waals surface area contributed by atoms with E-state index < -0.39 is 0 Å². The minimum atomic E-state index is 0.300. The van der Waals surface area contributed by atoms with Crippen molar-refractivity contribution in [2.45, 2.75) is 32.2 Å². The molecule has 1 heterocycles. The molecular weight excluding hydrogens is 210 g/mol. The van der Waals surface area contributed by atoms with Crippen molar-refractivity contribution in [1.82, 2.24) is 9.97 Å². The maximum absolute atomic E-state index is 5.76. The molecule has 1 atom stereocenters. The lowest BCUT2D eigenvalue weighted by Crippen LogP contribution is -2.21. The van der Waals surface area contributed by atoms with Crippen molar-refractivity contribution in [3.63, 3.8) is 0 Å². The van der Waals surface area contributed by atoms with Crippen LogP contribution in [0.4, 0.5) is 5.82 Å². The maximum atomic E-state index is 5.76. The normalized spacial score (nSPS) is 20.3. The van der Waals surface area contributed by atoms with Gasteiger partial charge in [0.1, 0.15) is 5.82 Å². The third-order valence-corrected chi connectivity index (χ3v) is 2.73. The van der Waals surface area contributed by atoms with Crippen LogP contribution >= 0.6 is 11.6 Å². The third kappa shape index (κ3) is 2.69. The quantitative estimate of drug-likeness (QED) is 0.619. The van der Waals surface area contributed by atoms with Crippen molar-refractivity contribution in [2.24, 2.45) is 0 Å². The maximum Gasteiger partial charge on any atom is 0.224 e. The number of aromatic nitrogens is 2. The van der Waals surface area contributed by atoms with Gasteiger partial charge in [-0.25, -0.2) is 9.97 Å². The topological polar surface area (TPSA) is 37.8 Å². The van der Waals surface area contributed by atoms with Gasteiger partial charge in [-0.05, 0) is 37.8 Å². The van der Waals surface area contributed by atoms with E-state index >= 15 is 0 Å². The van der Waals surface area contributed by atoms with Crippen molar-refractivity contribution in [1.29, 1.82) is 0 Å². The molecule has 0 spiro atoms. The van der Waals surface area contributed by atoms with Crippen LogP contribution in [0.3, 0.4) is 0 Å². The second-order valence-corrected chi connectivity index (χ2v) is 4.13. The van der Waals surface area contributed by atoms with E-state index in [1.165, 1.54) is 0 Å². The first-order valence-corrected chi connectivity index (χ1v) is 5.54. The summed E-state index contributed by atoms with van der Waals surface area (Å²) in [5, 5.41) is 3.70. The molecule has 2 rings (SSSR count). The zero-order valence-corrected chi connectivity index (χ0v) is 9.46. The van der Waals surface area contributed by atoms with Crippen LogP contribution in [0.25, 0.3) is 0 Å². The number of anilines is 1. The van der Waals surface area contributed by atoms with Gasteiger partial charge in [0.15, 0.2) is 0 Å². The highest BCUT2D eigenvalue weighted by atomic mass is 35.5. The molecule has 1 aliphatic carbocycles. The molecule has 0 aromatic carbocycles. The summed E-state index contributed by atoms with van der Waals surface area (Å²) in [6, 6.07) is 0.472. The van der Waals surface area contributed by atoms with E-state index in [-0.39, 0.29) is 0 Å². The number of halogens is 1. The Bertz CT molecular complexity index is 376. The molecule has 0 saturated carbocycles. The average molecular weight is 224 g/mol. The number of hydrogen-bond acceptors (Lipinski definition) is 3. The summed E-state index contributed by atoms with van der Waals surface area (Å²) in [7, 11) is 0. The molecule has 1 aromatic heterocycles. The van der Waals surface area contributed by atoms with Gasteiger partial charge in [-0.15, -0.1) is 0 Å². The van der Waals surface area contributed by atoms with Crippen LogP contribution < -0.4 is 5.32 Å². The number of nitrogens with zero attached hydrogens (tertiary/aromatic N) is 2. The lowest BCUT2D eigenvalue weighted by atomic mass is 10.0. The average Bonchev–Trinajstić information content (AvgIpc) is 2.25. The molecular formula is C11H14ClN3. The van der Waals surface area contributed by atoms with Crippen molar-refractivity contribution in [2.75, 3.05) is 5.32 Å². The number of hydrogen-bond donors (Lipinski definition) is 1. The van der Waals surface area contributed by atoms with Crippen molar-refractivity contribution >= 4 is 17.4 Å². The predicted octanol–water partition coefficient (Wildman–Crippen LogP) is 2.96. The molecule has 80 valence electrons. The Labute approximate surface area is 94.6 Å². The van der Waals surface area contributed by atoms with Crippen LogP contribution in [0.1, 0.15) is 24.8 Å². The summed E-state index contributed by atoms with van der Waals surface area (Å²) < 4.78 is 0. The molecule has 0 amide bonds. The van der Waals surface area contributed by atoms with Gasteiger partial charge in [0.25, 0.3) is 0 Å². The van der Waals surface area contributed by atoms with E-state index in [1.807, 2.05) is 6.92 Å². The van der Waals surface area contributed by atoms with E-state index in [0.29, 0.717) is 11.3 Å². The minimum absolute atomic E-state index is 0.300. The van der Waals surface area contributed by atoms with Crippen molar-refractivity contribution < 1.29 is 0 Å². The van der Waals surface area contributed by atoms with Crippen LogP contribution in [0.15, 0.2) is 18.3 Å². The summed E-state index contributed by atoms with van der Waals surface area (Å²) in [4.78, 5) is 8.12. The molecule has 1 aromatic rings. The summed E-state index contributed by atoms with van der Waals surface area (Å²) in [5.41, 5.74) is 1.04.